The van der Waals surface area contributed by atoms with Crippen LogP contribution in [0.3, 0.4) is 0 Å². The molecule has 5 nitrogen and oxygen atoms in total. The number of pyridine rings is 1. The third kappa shape index (κ3) is 3.69. The molecule has 4 heterocycles. The fourth-order valence-electron chi connectivity index (χ4n) is 6.54. The molecule has 0 fully saturated rings. The number of para-hydroxylation sites is 2. The maximum Gasteiger partial charge on any atom is 0.234 e. The van der Waals surface area contributed by atoms with Gasteiger partial charge in [0.15, 0.2) is 0 Å². The predicted molar refractivity (Wildman–Crippen MR) is 179 cm³/mol. The largest absolute Gasteiger partial charge is 0.307 e. The zero-order valence-electron chi connectivity index (χ0n) is 23.7. The number of hydrogen-bond acceptors (Lipinski definition) is 3. The van der Waals surface area contributed by atoms with Crippen molar-refractivity contribution < 1.29 is 0 Å². The molecule has 0 aliphatic heterocycles. The highest BCUT2D eigenvalue weighted by molar-refractivity contribution is 6.23. The molecular formula is C39H25N5. The summed E-state index contributed by atoms with van der Waals surface area (Å²) in [6.45, 7) is 0. The van der Waals surface area contributed by atoms with Crippen LogP contribution in [0.25, 0.3) is 77.8 Å². The van der Waals surface area contributed by atoms with Gasteiger partial charge < -0.3 is 4.57 Å². The van der Waals surface area contributed by atoms with Crippen LogP contribution in [0.4, 0.5) is 0 Å². The first kappa shape index (κ1) is 24.5. The molecule has 0 amide bonds. The van der Waals surface area contributed by atoms with Gasteiger partial charge >= 0.3 is 0 Å². The Hall–Kier alpha value is -6.07. The van der Waals surface area contributed by atoms with Gasteiger partial charge in [0.25, 0.3) is 0 Å². The highest BCUT2D eigenvalue weighted by Crippen LogP contribution is 2.41. The summed E-state index contributed by atoms with van der Waals surface area (Å²) in [7, 11) is 0. The van der Waals surface area contributed by atoms with E-state index in [0.717, 1.165) is 55.7 Å². The summed E-state index contributed by atoms with van der Waals surface area (Å²) in [6.07, 6.45) is 3.61. The summed E-state index contributed by atoms with van der Waals surface area (Å²) in [5.74, 6) is 0.646. The molecule has 0 bridgehead atoms. The second-order valence-corrected chi connectivity index (χ2v) is 10.9. The molecule has 0 radical (unpaired) electrons. The molecule has 9 aromatic rings. The Balaban J connectivity index is 1.48. The maximum atomic E-state index is 5.17. The molecular weight excluding hydrogens is 538 g/mol. The van der Waals surface area contributed by atoms with E-state index in [2.05, 4.69) is 130 Å². The molecule has 9 rings (SSSR count). The molecule has 5 aromatic carbocycles. The van der Waals surface area contributed by atoms with Crippen LogP contribution >= 0.6 is 0 Å². The standard InChI is InChI=1S/C39H25N5/c1-3-12-26(13-4-1)33-24-28(25-34(42-33)27-14-5-2-6-15-27)43-35-18-9-7-16-29(35)31-20-21-32-30-17-8-10-19-36(30)44(38(32)37(31)43)39-40-22-11-23-41-39/h1-25H. The van der Waals surface area contributed by atoms with Crippen LogP contribution in [0.5, 0.6) is 0 Å². The van der Waals surface area contributed by atoms with Crippen molar-refractivity contribution in [1.29, 1.82) is 0 Å². The quantitative estimate of drug-likeness (QED) is 0.214. The Morgan fingerprint density at radius 2 is 0.886 bits per heavy atom. The van der Waals surface area contributed by atoms with Crippen molar-refractivity contribution >= 4 is 43.6 Å². The van der Waals surface area contributed by atoms with E-state index in [1.807, 2.05) is 18.2 Å². The summed E-state index contributed by atoms with van der Waals surface area (Å²) < 4.78 is 4.60. The van der Waals surface area contributed by atoms with Crippen molar-refractivity contribution in [3.8, 4) is 34.2 Å². The molecule has 0 aliphatic carbocycles. The summed E-state index contributed by atoms with van der Waals surface area (Å²) in [6, 6.07) is 48.8. The van der Waals surface area contributed by atoms with Crippen LogP contribution < -0.4 is 0 Å². The van der Waals surface area contributed by atoms with Gasteiger partial charge in [-0.3, -0.25) is 4.57 Å². The fourth-order valence-corrected chi connectivity index (χ4v) is 6.54. The Morgan fingerprint density at radius 3 is 1.45 bits per heavy atom. The van der Waals surface area contributed by atoms with Crippen LogP contribution in [0.2, 0.25) is 0 Å². The summed E-state index contributed by atoms with van der Waals surface area (Å²) in [5, 5.41) is 4.69. The molecule has 44 heavy (non-hydrogen) atoms. The van der Waals surface area contributed by atoms with Gasteiger partial charge in [0.1, 0.15) is 0 Å². The average molecular weight is 564 g/mol. The van der Waals surface area contributed by atoms with Crippen molar-refractivity contribution in [2.45, 2.75) is 0 Å². The summed E-state index contributed by atoms with van der Waals surface area (Å²) in [5.41, 5.74) is 9.42. The van der Waals surface area contributed by atoms with Gasteiger partial charge in [-0.25, -0.2) is 15.0 Å². The van der Waals surface area contributed by atoms with E-state index in [-0.39, 0.29) is 0 Å². The second kappa shape index (κ2) is 9.75. The molecule has 0 saturated heterocycles. The predicted octanol–water partition coefficient (Wildman–Crippen LogP) is 9.40. The lowest BCUT2D eigenvalue weighted by atomic mass is 10.1. The zero-order chi connectivity index (χ0) is 29.0. The van der Waals surface area contributed by atoms with Gasteiger partial charge in [-0.2, -0.15) is 0 Å². The molecule has 0 spiro atoms. The van der Waals surface area contributed by atoms with E-state index in [1.165, 1.54) is 16.2 Å². The second-order valence-electron chi connectivity index (χ2n) is 10.9. The molecule has 0 atom stereocenters. The number of aromatic nitrogens is 5. The van der Waals surface area contributed by atoms with Crippen LogP contribution in [-0.2, 0) is 0 Å². The van der Waals surface area contributed by atoms with Gasteiger partial charge in [-0.05, 0) is 30.3 Å². The van der Waals surface area contributed by atoms with Crippen LogP contribution in [-0.4, -0.2) is 24.1 Å². The van der Waals surface area contributed by atoms with Crippen molar-refractivity contribution in [2.75, 3.05) is 0 Å². The normalized spacial score (nSPS) is 11.6. The lowest BCUT2D eigenvalue weighted by Crippen LogP contribution is -2.03. The van der Waals surface area contributed by atoms with Gasteiger partial charge in [0, 0.05) is 45.1 Å². The van der Waals surface area contributed by atoms with Crippen molar-refractivity contribution in [1.82, 2.24) is 24.1 Å². The third-order valence-corrected chi connectivity index (χ3v) is 8.43. The third-order valence-electron chi connectivity index (χ3n) is 8.43. The Morgan fingerprint density at radius 1 is 0.409 bits per heavy atom. The van der Waals surface area contributed by atoms with Crippen LogP contribution in [0.1, 0.15) is 0 Å². The SMILES string of the molecule is c1ccc(-c2cc(-n3c4ccccc4c4ccc5c6ccccc6n(-c6ncccn6)c5c43)cc(-c3ccccc3)n2)cc1. The van der Waals surface area contributed by atoms with Crippen LogP contribution in [0, 0.1) is 0 Å². The van der Waals surface area contributed by atoms with E-state index < -0.39 is 0 Å². The van der Waals surface area contributed by atoms with E-state index in [4.69, 9.17) is 15.0 Å². The number of rotatable bonds is 4. The molecule has 5 heteroatoms. The number of fused-ring (bicyclic) bond motifs is 7. The lowest BCUT2D eigenvalue weighted by molar-refractivity contribution is 0.988. The van der Waals surface area contributed by atoms with Gasteiger partial charge in [0.05, 0.1) is 39.1 Å². The summed E-state index contributed by atoms with van der Waals surface area (Å²) in [4.78, 5) is 14.6. The van der Waals surface area contributed by atoms with Gasteiger partial charge in [-0.1, -0.05) is 109 Å². The van der Waals surface area contributed by atoms with Crippen molar-refractivity contribution in [3.05, 3.63) is 152 Å². The fraction of sp³-hybridized carbons (Fsp3) is 0. The van der Waals surface area contributed by atoms with E-state index in [9.17, 15) is 0 Å². The van der Waals surface area contributed by atoms with E-state index in [0.29, 0.717) is 5.95 Å². The minimum absolute atomic E-state index is 0.646. The first-order valence-corrected chi connectivity index (χ1v) is 14.7. The number of benzene rings is 5. The van der Waals surface area contributed by atoms with Crippen LogP contribution in [0.15, 0.2) is 152 Å². The molecule has 0 unspecified atom stereocenters. The minimum atomic E-state index is 0.646. The first-order valence-electron chi connectivity index (χ1n) is 14.7. The molecule has 0 N–H and O–H groups in total. The molecule has 4 aromatic heterocycles. The Bertz CT molecular complexity index is 2420. The zero-order valence-corrected chi connectivity index (χ0v) is 23.7. The van der Waals surface area contributed by atoms with Crippen molar-refractivity contribution in [3.63, 3.8) is 0 Å². The number of nitrogens with zero attached hydrogens (tertiary/aromatic N) is 5. The number of hydrogen-bond donors (Lipinski definition) is 0. The van der Waals surface area contributed by atoms with Gasteiger partial charge in [-0.15, -0.1) is 0 Å². The summed E-state index contributed by atoms with van der Waals surface area (Å²) >= 11 is 0. The Labute approximate surface area is 253 Å². The molecule has 206 valence electrons. The highest BCUT2D eigenvalue weighted by atomic mass is 15.2. The topological polar surface area (TPSA) is 48.5 Å². The average Bonchev–Trinajstić information content (AvgIpc) is 3.62. The first-order chi connectivity index (χ1) is 21.8. The lowest BCUT2D eigenvalue weighted by Gasteiger charge is -2.14. The minimum Gasteiger partial charge on any atom is -0.307 e. The maximum absolute atomic E-state index is 5.17. The van der Waals surface area contributed by atoms with E-state index in [1.54, 1.807) is 12.4 Å². The molecule has 0 saturated carbocycles. The Kier molecular flexibility index (Phi) is 5.43. The van der Waals surface area contributed by atoms with Crippen molar-refractivity contribution in [2.24, 2.45) is 0 Å². The van der Waals surface area contributed by atoms with Gasteiger partial charge in [0.2, 0.25) is 5.95 Å². The smallest absolute Gasteiger partial charge is 0.234 e. The van der Waals surface area contributed by atoms with E-state index >= 15 is 0 Å². The molecule has 0 aliphatic rings. The monoisotopic (exact) mass is 563 g/mol. The highest BCUT2D eigenvalue weighted by Gasteiger charge is 2.22.